The molecule has 0 saturated heterocycles. The van der Waals surface area contributed by atoms with Crippen LogP contribution in [0.3, 0.4) is 0 Å². The summed E-state index contributed by atoms with van der Waals surface area (Å²) in [5.41, 5.74) is 2.27. The van der Waals surface area contributed by atoms with Crippen LogP contribution >= 0.6 is 0 Å². The first-order chi connectivity index (χ1) is 11.8. The molecule has 0 aliphatic heterocycles. The normalized spacial score (nSPS) is 12.2. The van der Waals surface area contributed by atoms with Gasteiger partial charge in [-0.1, -0.05) is 78.9 Å². The third-order valence-corrected chi connectivity index (χ3v) is 3.93. The van der Waals surface area contributed by atoms with Crippen LogP contribution in [0.1, 0.15) is 5.56 Å². The van der Waals surface area contributed by atoms with Gasteiger partial charge in [-0.3, -0.25) is 0 Å². The molecule has 0 aromatic heterocycles. The van der Waals surface area contributed by atoms with E-state index < -0.39 is 17.7 Å². The molecule has 0 heterocycles. The summed E-state index contributed by atoms with van der Waals surface area (Å²) in [5.74, 6) is -4.86. The highest BCUT2D eigenvalue weighted by molar-refractivity contribution is 5.70. The standard InChI is InChI=1S/C20H13F5/c21-19(22,20(23,24)25)18-12-10-17(11-13-18)16-8-6-15(7-9-16)14-4-2-1-3-5-14/h1-13H. The van der Waals surface area contributed by atoms with Crippen LogP contribution in [0.4, 0.5) is 22.0 Å². The summed E-state index contributed by atoms with van der Waals surface area (Å²) in [6.45, 7) is 0. The molecule has 0 fully saturated rings. The molecule has 0 saturated carbocycles. The topological polar surface area (TPSA) is 0 Å². The highest BCUT2D eigenvalue weighted by Crippen LogP contribution is 2.44. The van der Waals surface area contributed by atoms with Gasteiger partial charge in [0.25, 0.3) is 0 Å². The fourth-order valence-corrected chi connectivity index (χ4v) is 2.52. The first kappa shape index (κ1) is 17.1. The Morgan fingerprint density at radius 3 is 1.20 bits per heavy atom. The molecule has 3 aromatic rings. The number of alkyl halides is 5. The molecule has 25 heavy (non-hydrogen) atoms. The lowest BCUT2D eigenvalue weighted by molar-refractivity contribution is -0.289. The van der Waals surface area contributed by atoms with Crippen LogP contribution < -0.4 is 0 Å². The van der Waals surface area contributed by atoms with Crippen molar-refractivity contribution in [2.75, 3.05) is 0 Å². The van der Waals surface area contributed by atoms with Crippen LogP contribution in [0.2, 0.25) is 0 Å². The molecule has 0 amide bonds. The largest absolute Gasteiger partial charge is 0.458 e. The Bertz CT molecular complexity index is 832. The van der Waals surface area contributed by atoms with Crippen molar-refractivity contribution in [2.45, 2.75) is 12.1 Å². The number of rotatable bonds is 3. The zero-order chi connectivity index (χ0) is 18.1. The highest BCUT2D eigenvalue weighted by Gasteiger charge is 2.58. The molecule has 0 N–H and O–H groups in total. The summed E-state index contributed by atoms with van der Waals surface area (Å²) < 4.78 is 63.8. The first-order valence-corrected chi connectivity index (χ1v) is 7.50. The van der Waals surface area contributed by atoms with Crippen LogP contribution in [0.25, 0.3) is 22.3 Å². The van der Waals surface area contributed by atoms with Gasteiger partial charge in [-0.15, -0.1) is 0 Å². The van der Waals surface area contributed by atoms with Gasteiger partial charge in [0.15, 0.2) is 0 Å². The number of benzene rings is 3. The minimum absolute atomic E-state index is 0.571. The second kappa shape index (κ2) is 6.31. The average molecular weight is 348 g/mol. The smallest absolute Gasteiger partial charge is 0.191 e. The van der Waals surface area contributed by atoms with Gasteiger partial charge in [-0.25, -0.2) is 0 Å². The average Bonchev–Trinajstić information content (AvgIpc) is 2.62. The van der Waals surface area contributed by atoms with Gasteiger partial charge in [0.1, 0.15) is 0 Å². The van der Waals surface area contributed by atoms with Gasteiger partial charge in [0.05, 0.1) is 0 Å². The summed E-state index contributed by atoms with van der Waals surface area (Å²) >= 11 is 0. The van der Waals surface area contributed by atoms with Crippen molar-refractivity contribution in [3.05, 3.63) is 84.4 Å². The second-order valence-corrected chi connectivity index (χ2v) is 5.59. The molecule has 0 atom stereocenters. The van der Waals surface area contributed by atoms with E-state index in [1.54, 1.807) is 12.1 Å². The predicted octanol–water partition coefficient (Wildman–Crippen LogP) is 6.67. The van der Waals surface area contributed by atoms with E-state index in [-0.39, 0.29) is 0 Å². The quantitative estimate of drug-likeness (QED) is 0.463. The predicted molar refractivity (Wildman–Crippen MR) is 87.3 cm³/mol. The van der Waals surface area contributed by atoms with Crippen molar-refractivity contribution < 1.29 is 22.0 Å². The summed E-state index contributed by atoms with van der Waals surface area (Å²) in [6.07, 6.45) is -5.61. The molecule has 3 rings (SSSR count). The molecular weight excluding hydrogens is 335 g/mol. The Labute approximate surface area is 141 Å². The maximum Gasteiger partial charge on any atom is 0.458 e. The van der Waals surface area contributed by atoms with Crippen molar-refractivity contribution in [3.63, 3.8) is 0 Å². The molecule has 0 unspecified atom stereocenters. The van der Waals surface area contributed by atoms with E-state index in [1.165, 1.54) is 12.1 Å². The molecule has 0 nitrogen and oxygen atoms in total. The van der Waals surface area contributed by atoms with Crippen molar-refractivity contribution in [3.8, 4) is 22.3 Å². The van der Waals surface area contributed by atoms with Gasteiger partial charge in [0.2, 0.25) is 0 Å². The molecule has 0 radical (unpaired) electrons. The Balaban J connectivity index is 1.86. The van der Waals surface area contributed by atoms with Crippen LogP contribution in [-0.2, 0) is 5.92 Å². The number of hydrogen-bond acceptors (Lipinski definition) is 0. The van der Waals surface area contributed by atoms with E-state index in [2.05, 4.69) is 0 Å². The monoisotopic (exact) mass is 348 g/mol. The van der Waals surface area contributed by atoms with Crippen LogP contribution in [0.15, 0.2) is 78.9 Å². The SMILES string of the molecule is FC(F)(F)C(F)(F)c1ccc(-c2ccc(-c3ccccc3)cc2)cc1. The van der Waals surface area contributed by atoms with E-state index in [0.717, 1.165) is 28.8 Å². The summed E-state index contributed by atoms with van der Waals surface area (Å²) in [6, 6.07) is 21.2. The van der Waals surface area contributed by atoms with Gasteiger partial charge < -0.3 is 0 Å². The van der Waals surface area contributed by atoms with Crippen LogP contribution in [0.5, 0.6) is 0 Å². The van der Waals surface area contributed by atoms with E-state index >= 15 is 0 Å². The van der Waals surface area contributed by atoms with Gasteiger partial charge >= 0.3 is 12.1 Å². The van der Waals surface area contributed by atoms with E-state index in [9.17, 15) is 22.0 Å². The fourth-order valence-electron chi connectivity index (χ4n) is 2.52. The highest BCUT2D eigenvalue weighted by atomic mass is 19.4. The number of halogens is 5. The minimum Gasteiger partial charge on any atom is -0.191 e. The van der Waals surface area contributed by atoms with Crippen LogP contribution in [-0.4, -0.2) is 6.18 Å². The van der Waals surface area contributed by atoms with Crippen LogP contribution in [0, 0.1) is 0 Å². The van der Waals surface area contributed by atoms with Gasteiger partial charge in [0, 0.05) is 5.56 Å². The van der Waals surface area contributed by atoms with E-state index in [0.29, 0.717) is 5.56 Å². The Kier molecular flexibility index (Phi) is 4.33. The Hall–Kier alpha value is -2.69. The first-order valence-electron chi connectivity index (χ1n) is 7.50. The lowest BCUT2D eigenvalue weighted by Gasteiger charge is -2.20. The maximum absolute atomic E-state index is 13.3. The van der Waals surface area contributed by atoms with Crippen molar-refractivity contribution in [2.24, 2.45) is 0 Å². The zero-order valence-corrected chi connectivity index (χ0v) is 12.9. The third-order valence-electron chi connectivity index (χ3n) is 3.93. The minimum atomic E-state index is -5.61. The van der Waals surface area contributed by atoms with E-state index in [1.807, 2.05) is 42.5 Å². The summed E-state index contributed by atoms with van der Waals surface area (Å²) in [7, 11) is 0. The molecule has 0 bridgehead atoms. The zero-order valence-electron chi connectivity index (χ0n) is 12.9. The lowest BCUT2D eigenvalue weighted by Crippen LogP contribution is -2.33. The molecule has 128 valence electrons. The van der Waals surface area contributed by atoms with E-state index in [4.69, 9.17) is 0 Å². The molecule has 0 spiro atoms. The van der Waals surface area contributed by atoms with Crippen molar-refractivity contribution >= 4 is 0 Å². The van der Waals surface area contributed by atoms with Gasteiger partial charge in [-0.2, -0.15) is 22.0 Å². The molecule has 5 heteroatoms. The number of hydrogen-bond donors (Lipinski definition) is 0. The molecule has 0 aliphatic rings. The molecular formula is C20H13F5. The lowest BCUT2D eigenvalue weighted by atomic mass is 9.98. The third kappa shape index (κ3) is 3.40. The Morgan fingerprint density at radius 2 is 0.800 bits per heavy atom. The molecule has 3 aromatic carbocycles. The Morgan fingerprint density at radius 1 is 0.440 bits per heavy atom. The summed E-state index contributed by atoms with van der Waals surface area (Å²) in [5, 5.41) is 0. The van der Waals surface area contributed by atoms with Crippen molar-refractivity contribution in [1.82, 2.24) is 0 Å². The molecule has 0 aliphatic carbocycles. The maximum atomic E-state index is 13.3. The fraction of sp³-hybridized carbons (Fsp3) is 0.100. The van der Waals surface area contributed by atoms with Gasteiger partial charge in [-0.05, 0) is 22.3 Å². The summed E-state index contributed by atoms with van der Waals surface area (Å²) in [4.78, 5) is 0. The van der Waals surface area contributed by atoms with Crippen molar-refractivity contribution in [1.29, 1.82) is 0 Å². The second-order valence-electron chi connectivity index (χ2n) is 5.59.